The molecule has 0 saturated heterocycles. The Labute approximate surface area is 140 Å². The molecule has 4 aliphatic carbocycles. The second-order valence-electron chi connectivity index (χ2n) is 9.49. The first-order chi connectivity index (χ1) is 11.0. The van der Waals surface area contributed by atoms with E-state index in [-0.39, 0.29) is 6.04 Å². The Balaban J connectivity index is 1.67. The summed E-state index contributed by atoms with van der Waals surface area (Å²) in [5, 5.41) is 4.13. The van der Waals surface area contributed by atoms with Crippen molar-refractivity contribution in [2.75, 3.05) is 0 Å². The molecule has 0 aromatic carbocycles. The van der Waals surface area contributed by atoms with Crippen LogP contribution in [0.5, 0.6) is 0 Å². The van der Waals surface area contributed by atoms with Crippen LogP contribution < -0.4 is 0 Å². The highest BCUT2D eigenvalue weighted by Gasteiger charge is 2.57. The van der Waals surface area contributed by atoms with Crippen LogP contribution in [0, 0.1) is 34.5 Å². The van der Waals surface area contributed by atoms with Crippen molar-refractivity contribution in [2.45, 2.75) is 78.2 Å². The molecule has 0 N–H and O–H groups in total. The van der Waals surface area contributed by atoms with Crippen LogP contribution in [0.15, 0.2) is 16.8 Å². The Hall–Kier alpha value is -0.950. The van der Waals surface area contributed by atoms with Gasteiger partial charge >= 0.3 is 0 Å². The van der Waals surface area contributed by atoms with Crippen LogP contribution in [0.3, 0.4) is 0 Å². The van der Waals surface area contributed by atoms with Gasteiger partial charge in [-0.1, -0.05) is 37.0 Å². The molecule has 23 heavy (non-hydrogen) atoms. The van der Waals surface area contributed by atoms with Crippen molar-refractivity contribution >= 4 is 0 Å². The molecule has 0 aliphatic heterocycles. The van der Waals surface area contributed by atoms with Crippen LogP contribution in [0.1, 0.15) is 72.1 Å². The van der Waals surface area contributed by atoms with Gasteiger partial charge in [-0.05, 0) is 91.9 Å². The van der Waals surface area contributed by atoms with Crippen molar-refractivity contribution in [1.29, 1.82) is 0 Å². The van der Waals surface area contributed by atoms with E-state index in [2.05, 4.69) is 36.9 Å². The van der Waals surface area contributed by atoms with Crippen LogP contribution in [0.2, 0.25) is 0 Å². The molecule has 3 fully saturated rings. The lowest BCUT2D eigenvalue weighted by Gasteiger charge is -2.59. The summed E-state index contributed by atoms with van der Waals surface area (Å²) in [6.07, 6.45) is 13.5. The molecule has 3 nitrogen and oxygen atoms in total. The van der Waals surface area contributed by atoms with Gasteiger partial charge in [-0.25, -0.2) is 0 Å². The van der Waals surface area contributed by atoms with Crippen molar-refractivity contribution in [2.24, 2.45) is 39.6 Å². The Morgan fingerprint density at radius 1 is 1.13 bits per heavy atom. The third-order valence-corrected chi connectivity index (χ3v) is 8.54. The molecule has 0 heterocycles. The number of azide groups is 1. The quantitative estimate of drug-likeness (QED) is 0.237. The lowest BCUT2D eigenvalue weighted by Crippen LogP contribution is -2.52. The van der Waals surface area contributed by atoms with Crippen molar-refractivity contribution in [3.63, 3.8) is 0 Å². The largest absolute Gasteiger partial charge is 0.0863 e. The average molecular weight is 313 g/mol. The fraction of sp³-hybridized carbons (Fsp3) is 0.900. The monoisotopic (exact) mass is 313 g/mol. The summed E-state index contributed by atoms with van der Waals surface area (Å²) >= 11 is 0. The topological polar surface area (TPSA) is 48.8 Å². The number of fused-ring (bicyclic) bond motifs is 5. The number of hydrogen-bond donors (Lipinski definition) is 0. The lowest BCUT2D eigenvalue weighted by atomic mass is 9.45. The van der Waals surface area contributed by atoms with Gasteiger partial charge in [0.15, 0.2) is 0 Å². The number of rotatable bonds is 1. The highest BCUT2D eigenvalue weighted by atomic mass is 15.1. The van der Waals surface area contributed by atoms with Crippen molar-refractivity contribution in [1.82, 2.24) is 0 Å². The molecule has 0 aromatic rings. The summed E-state index contributed by atoms with van der Waals surface area (Å²) < 4.78 is 0. The van der Waals surface area contributed by atoms with Crippen molar-refractivity contribution in [3.8, 4) is 0 Å². The second-order valence-corrected chi connectivity index (χ2v) is 9.49. The maximum Gasteiger partial charge on any atom is 0.0587 e. The summed E-state index contributed by atoms with van der Waals surface area (Å²) in [4.78, 5) is 3.13. The molecule has 0 amide bonds. The summed E-state index contributed by atoms with van der Waals surface area (Å²) in [6.45, 7) is 7.26. The number of allylic oxidation sites excluding steroid dienone is 1. The molecule has 0 bridgehead atoms. The van der Waals surface area contributed by atoms with E-state index in [1.54, 1.807) is 0 Å². The highest BCUT2D eigenvalue weighted by molar-refractivity contribution is 5.21. The first-order valence-electron chi connectivity index (χ1n) is 9.70. The van der Waals surface area contributed by atoms with Crippen molar-refractivity contribution in [3.05, 3.63) is 22.1 Å². The van der Waals surface area contributed by atoms with E-state index in [9.17, 15) is 0 Å². The fourth-order valence-electron chi connectivity index (χ4n) is 7.26. The van der Waals surface area contributed by atoms with E-state index < -0.39 is 0 Å². The maximum absolute atomic E-state index is 8.94. The molecule has 4 aliphatic rings. The van der Waals surface area contributed by atoms with Crippen LogP contribution >= 0.6 is 0 Å². The predicted molar refractivity (Wildman–Crippen MR) is 93.8 cm³/mol. The molecule has 0 unspecified atom stereocenters. The van der Waals surface area contributed by atoms with E-state index in [1.165, 1.54) is 50.5 Å². The second kappa shape index (κ2) is 5.28. The standard InChI is InChI=1S/C20H31N3/c1-13-11-14-6-7-15-16-5-4-9-19(16,2)10-8-17(15)20(14,3)12-18(13)22-23-21/h11,14-18H,4-10,12H2,1-3H3/t14-,15-,16-,17-,18+,19-,20-/m0/s1. The van der Waals surface area contributed by atoms with Crippen molar-refractivity contribution < 1.29 is 0 Å². The predicted octanol–water partition coefficient (Wildman–Crippen LogP) is 6.26. The Bertz CT molecular complexity index is 575. The SMILES string of the molecule is CC1=C[C@@H]2CC[C@H]3[C@@H]4CCC[C@@]4(C)CC[C@@H]3[C@@]2(C)C[C@H]1N=[N+]=[N-]. The van der Waals surface area contributed by atoms with E-state index >= 15 is 0 Å². The molecule has 4 rings (SSSR count). The van der Waals surface area contributed by atoms with E-state index in [0.717, 1.165) is 24.2 Å². The molecule has 0 aromatic heterocycles. The summed E-state index contributed by atoms with van der Waals surface area (Å²) in [5.41, 5.74) is 11.2. The number of hydrogen-bond acceptors (Lipinski definition) is 1. The molecule has 3 saturated carbocycles. The highest BCUT2D eigenvalue weighted by Crippen LogP contribution is 2.65. The van der Waals surface area contributed by atoms with Gasteiger partial charge in [0.1, 0.15) is 0 Å². The molecule has 0 radical (unpaired) electrons. The van der Waals surface area contributed by atoms with Gasteiger partial charge < -0.3 is 0 Å². The minimum absolute atomic E-state index is 0.0943. The third kappa shape index (κ3) is 2.19. The van der Waals surface area contributed by atoms with E-state index in [1.807, 2.05) is 0 Å². The minimum Gasteiger partial charge on any atom is -0.0863 e. The van der Waals surface area contributed by atoms with Crippen LogP contribution in [-0.2, 0) is 0 Å². The van der Waals surface area contributed by atoms with Gasteiger partial charge in [0.2, 0.25) is 0 Å². The lowest BCUT2D eigenvalue weighted by molar-refractivity contribution is -0.0834. The van der Waals surface area contributed by atoms with Crippen LogP contribution in [-0.4, -0.2) is 6.04 Å². The molecule has 7 atom stereocenters. The molecular formula is C20H31N3. The zero-order valence-electron chi connectivity index (χ0n) is 15.0. The van der Waals surface area contributed by atoms with Gasteiger partial charge in [-0.2, -0.15) is 0 Å². The first-order valence-corrected chi connectivity index (χ1v) is 9.70. The Kier molecular flexibility index (Phi) is 3.57. The summed E-state index contributed by atoms with van der Waals surface area (Å²) in [7, 11) is 0. The van der Waals surface area contributed by atoms with Gasteiger partial charge in [0.25, 0.3) is 0 Å². The number of nitrogens with zero attached hydrogens (tertiary/aromatic N) is 3. The van der Waals surface area contributed by atoms with Crippen LogP contribution in [0.4, 0.5) is 0 Å². The third-order valence-electron chi connectivity index (χ3n) is 8.54. The van der Waals surface area contributed by atoms with E-state index in [0.29, 0.717) is 16.7 Å². The van der Waals surface area contributed by atoms with Gasteiger partial charge in [0, 0.05) is 4.91 Å². The summed E-state index contributed by atoms with van der Waals surface area (Å²) in [6, 6.07) is 0.0943. The van der Waals surface area contributed by atoms with Gasteiger partial charge in [-0.3, -0.25) is 0 Å². The smallest absolute Gasteiger partial charge is 0.0587 e. The first kappa shape index (κ1) is 15.6. The molecule has 0 spiro atoms. The van der Waals surface area contributed by atoms with Crippen LogP contribution in [0.25, 0.3) is 10.4 Å². The normalized spacial score (nSPS) is 51.8. The molecular weight excluding hydrogens is 282 g/mol. The van der Waals surface area contributed by atoms with Gasteiger partial charge in [-0.15, -0.1) is 0 Å². The summed E-state index contributed by atoms with van der Waals surface area (Å²) in [5.74, 6) is 3.44. The maximum atomic E-state index is 8.94. The Morgan fingerprint density at radius 2 is 1.96 bits per heavy atom. The minimum atomic E-state index is 0.0943. The molecule has 126 valence electrons. The zero-order valence-corrected chi connectivity index (χ0v) is 15.0. The van der Waals surface area contributed by atoms with E-state index in [4.69, 9.17) is 5.53 Å². The fourth-order valence-corrected chi connectivity index (χ4v) is 7.26. The zero-order chi connectivity index (χ0) is 16.2. The van der Waals surface area contributed by atoms with Gasteiger partial charge in [0.05, 0.1) is 6.04 Å². The Morgan fingerprint density at radius 3 is 2.74 bits per heavy atom. The average Bonchev–Trinajstić information content (AvgIpc) is 2.91. The molecule has 3 heteroatoms.